The fraction of sp³-hybridized carbons (Fsp3) is 0.769. The second-order valence-corrected chi connectivity index (χ2v) is 11.9. The van der Waals surface area contributed by atoms with Gasteiger partial charge in [-0.3, -0.25) is 4.79 Å². The molecule has 2 unspecified atom stereocenters. The van der Waals surface area contributed by atoms with Crippen LogP contribution in [-0.2, 0) is 4.79 Å². The summed E-state index contributed by atoms with van der Waals surface area (Å²) < 4.78 is 0. The van der Waals surface area contributed by atoms with Crippen molar-refractivity contribution in [3.63, 3.8) is 0 Å². The zero-order valence-electron chi connectivity index (χ0n) is 21.3. The largest absolute Gasteiger partial charge is 0.382 e. The highest BCUT2D eigenvalue weighted by atomic mass is 16.2. The first kappa shape index (κ1) is 24.8. The maximum Gasteiger partial charge on any atom is 0.223 e. The van der Waals surface area contributed by atoms with Gasteiger partial charge in [-0.1, -0.05) is 34.6 Å². The molecule has 6 nitrogen and oxygen atoms in total. The third kappa shape index (κ3) is 6.37. The van der Waals surface area contributed by atoms with Crippen LogP contribution in [0.2, 0.25) is 0 Å². The van der Waals surface area contributed by atoms with Crippen LogP contribution in [0.15, 0.2) is 12.1 Å². The number of rotatable bonds is 6. The van der Waals surface area contributed by atoms with Gasteiger partial charge in [0, 0.05) is 37.2 Å². The van der Waals surface area contributed by atoms with Crippen LogP contribution in [0.5, 0.6) is 0 Å². The minimum Gasteiger partial charge on any atom is -0.382 e. The molecule has 32 heavy (non-hydrogen) atoms. The highest BCUT2D eigenvalue weighted by molar-refractivity contribution is 5.79. The van der Waals surface area contributed by atoms with E-state index in [1.165, 1.54) is 0 Å². The SMILES string of the molecule is CNc1nc(C2CCC(C)(C)C(NC(=O)C3CCN(C)CC3)C2)ccc1NCC(C)(C)C. The molecular weight excluding hydrogens is 398 g/mol. The molecule has 1 aromatic rings. The molecule has 1 aliphatic heterocycles. The smallest absolute Gasteiger partial charge is 0.223 e. The molecular formula is C26H45N5O. The summed E-state index contributed by atoms with van der Waals surface area (Å²) in [6.45, 7) is 14.2. The normalized spacial score (nSPS) is 24.7. The molecule has 6 heteroatoms. The van der Waals surface area contributed by atoms with E-state index in [2.05, 4.69) is 74.6 Å². The molecule has 0 bridgehead atoms. The van der Waals surface area contributed by atoms with Crippen molar-refractivity contribution < 1.29 is 4.79 Å². The summed E-state index contributed by atoms with van der Waals surface area (Å²) in [6.07, 6.45) is 5.09. The van der Waals surface area contributed by atoms with E-state index in [0.717, 1.165) is 68.9 Å². The van der Waals surface area contributed by atoms with Gasteiger partial charge in [-0.15, -0.1) is 0 Å². The molecule has 1 saturated heterocycles. The minimum atomic E-state index is 0.109. The van der Waals surface area contributed by atoms with E-state index in [9.17, 15) is 4.79 Å². The summed E-state index contributed by atoms with van der Waals surface area (Å²) in [7, 11) is 4.07. The fourth-order valence-corrected chi connectivity index (χ4v) is 4.92. The minimum absolute atomic E-state index is 0.109. The van der Waals surface area contributed by atoms with Crippen LogP contribution >= 0.6 is 0 Å². The number of carbonyl (C=O) groups is 1. The van der Waals surface area contributed by atoms with E-state index in [-0.39, 0.29) is 28.7 Å². The Kier molecular flexibility index (Phi) is 7.74. The van der Waals surface area contributed by atoms with Crippen LogP contribution in [0, 0.1) is 16.7 Å². The van der Waals surface area contributed by atoms with Crippen molar-refractivity contribution in [3.05, 3.63) is 17.8 Å². The maximum absolute atomic E-state index is 13.0. The zero-order chi connectivity index (χ0) is 23.5. The number of nitrogens with zero attached hydrogens (tertiary/aromatic N) is 2. The van der Waals surface area contributed by atoms with E-state index in [0.29, 0.717) is 5.92 Å². The quantitative estimate of drug-likeness (QED) is 0.594. The first-order valence-corrected chi connectivity index (χ1v) is 12.4. The molecule has 0 radical (unpaired) electrons. The van der Waals surface area contributed by atoms with Crippen molar-refractivity contribution in [3.8, 4) is 0 Å². The molecule has 2 aliphatic rings. The number of amides is 1. The highest BCUT2D eigenvalue weighted by Crippen LogP contribution is 2.43. The monoisotopic (exact) mass is 443 g/mol. The van der Waals surface area contributed by atoms with E-state index in [1.54, 1.807) is 0 Å². The van der Waals surface area contributed by atoms with E-state index in [4.69, 9.17) is 4.98 Å². The lowest BCUT2D eigenvalue weighted by atomic mass is 9.68. The van der Waals surface area contributed by atoms with E-state index in [1.807, 2.05) is 7.05 Å². The topological polar surface area (TPSA) is 69.3 Å². The van der Waals surface area contributed by atoms with Gasteiger partial charge in [0.25, 0.3) is 0 Å². The molecule has 3 rings (SSSR count). The lowest BCUT2D eigenvalue weighted by Crippen LogP contribution is -2.51. The Labute approximate surface area is 195 Å². The zero-order valence-corrected chi connectivity index (χ0v) is 21.3. The Morgan fingerprint density at radius 2 is 1.88 bits per heavy atom. The van der Waals surface area contributed by atoms with Gasteiger partial charge in [-0.2, -0.15) is 0 Å². The number of likely N-dealkylation sites (tertiary alicyclic amines) is 1. The van der Waals surface area contributed by atoms with Gasteiger partial charge in [0.05, 0.1) is 5.69 Å². The highest BCUT2D eigenvalue weighted by Gasteiger charge is 2.39. The van der Waals surface area contributed by atoms with Crippen LogP contribution in [0.4, 0.5) is 11.5 Å². The van der Waals surface area contributed by atoms with Crippen LogP contribution in [-0.4, -0.2) is 55.6 Å². The number of hydrogen-bond donors (Lipinski definition) is 3. The van der Waals surface area contributed by atoms with Gasteiger partial charge >= 0.3 is 0 Å². The average molecular weight is 444 g/mol. The third-order valence-electron chi connectivity index (χ3n) is 7.39. The first-order valence-electron chi connectivity index (χ1n) is 12.4. The summed E-state index contributed by atoms with van der Waals surface area (Å²) in [5.74, 6) is 1.69. The van der Waals surface area contributed by atoms with Crippen molar-refractivity contribution in [1.82, 2.24) is 15.2 Å². The Balaban J connectivity index is 1.68. The van der Waals surface area contributed by atoms with Crippen molar-refractivity contribution in [2.75, 3.05) is 44.4 Å². The molecule has 2 fully saturated rings. The average Bonchev–Trinajstić information content (AvgIpc) is 2.73. The molecule has 180 valence electrons. The number of piperidine rings is 1. The summed E-state index contributed by atoms with van der Waals surface area (Å²) >= 11 is 0. The van der Waals surface area contributed by atoms with Crippen LogP contribution in [0.25, 0.3) is 0 Å². The summed E-state index contributed by atoms with van der Waals surface area (Å²) in [5.41, 5.74) is 2.49. The molecule has 0 aromatic carbocycles. The molecule has 1 saturated carbocycles. The molecule has 3 N–H and O–H groups in total. The Morgan fingerprint density at radius 1 is 1.19 bits per heavy atom. The van der Waals surface area contributed by atoms with Gasteiger partial charge in [-0.05, 0) is 75.2 Å². The van der Waals surface area contributed by atoms with Crippen molar-refractivity contribution in [2.24, 2.45) is 16.7 Å². The van der Waals surface area contributed by atoms with Gasteiger partial charge < -0.3 is 20.9 Å². The van der Waals surface area contributed by atoms with Crippen LogP contribution in [0.3, 0.4) is 0 Å². The molecule has 1 aliphatic carbocycles. The predicted molar refractivity (Wildman–Crippen MR) is 134 cm³/mol. The number of anilines is 2. The number of carbonyl (C=O) groups excluding carboxylic acids is 1. The fourth-order valence-electron chi connectivity index (χ4n) is 4.92. The molecule has 0 spiro atoms. The Bertz CT molecular complexity index is 777. The second kappa shape index (κ2) is 9.98. The summed E-state index contributed by atoms with van der Waals surface area (Å²) in [6, 6.07) is 4.52. The lowest BCUT2D eigenvalue weighted by molar-refractivity contribution is -0.128. The van der Waals surface area contributed by atoms with Crippen molar-refractivity contribution in [2.45, 2.75) is 78.7 Å². The standard InChI is InChI=1S/C26H45N5O/c1-25(2,3)17-28-21-9-8-20(29-23(21)27-6)19-10-13-26(4,5)22(16-19)30-24(32)18-11-14-31(7)15-12-18/h8-9,18-19,22,28H,10-17H2,1-7H3,(H,27,29)(H,30,32). The Morgan fingerprint density at radius 3 is 2.50 bits per heavy atom. The van der Waals surface area contributed by atoms with Gasteiger partial charge in [0.15, 0.2) is 0 Å². The number of pyridine rings is 1. The maximum atomic E-state index is 13.0. The van der Waals surface area contributed by atoms with E-state index >= 15 is 0 Å². The molecule has 1 aromatic heterocycles. The third-order valence-corrected chi connectivity index (χ3v) is 7.39. The predicted octanol–water partition coefficient (Wildman–Crippen LogP) is 4.70. The van der Waals surface area contributed by atoms with Crippen LogP contribution in [0.1, 0.15) is 78.3 Å². The summed E-state index contributed by atoms with van der Waals surface area (Å²) in [5, 5.41) is 10.3. The van der Waals surface area contributed by atoms with Gasteiger partial charge in [-0.25, -0.2) is 4.98 Å². The van der Waals surface area contributed by atoms with Gasteiger partial charge in [0.2, 0.25) is 5.91 Å². The lowest BCUT2D eigenvalue weighted by Gasteiger charge is -2.43. The van der Waals surface area contributed by atoms with Crippen LogP contribution < -0.4 is 16.0 Å². The number of aromatic nitrogens is 1. The molecule has 1 amide bonds. The number of hydrogen-bond acceptors (Lipinski definition) is 5. The van der Waals surface area contributed by atoms with E-state index < -0.39 is 0 Å². The summed E-state index contributed by atoms with van der Waals surface area (Å²) in [4.78, 5) is 20.3. The van der Waals surface area contributed by atoms with Crippen molar-refractivity contribution >= 4 is 17.4 Å². The molecule has 2 heterocycles. The first-order chi connectivity index (χ1) is 15.0. The Hall–Kier alpha value is -1.82. The number of nitrogens with one attached hydrogen (secondary N) is 3. The van der Waals surface area contributed by atoms with Gasteiger partial charge in [0.1, 0.15) is 5.82 Å². The molecule has 2 atom stereocenters. The van der Waals surface area contributed by atoms with Crippen molar-refractivity contribution in [1.29, 1.82) is 0 Å². The second-order valence-electron chi connectivity index (χ2n) is 11.9.